The zero-order valence-electron chi connectivity index (χ0n) is 11.3. The van der Waals surface area contributed by atoms with Crippen LogP contribution in [0.3, 0.4) is 0 Å². The topological polar surface area (TPSA) is 46.3 Å². The number of hydrogen-bond acceptors (Lipinski definition) is 2. The Bertz CT molecular complexity index is 442. The van der Waals surface area contributed by atoms with Crippen LogP contribution in [0.2, 0.25) is 0 Å². The SMILES string of the molecule is Cc1cc(C(=O)N2CCCCCC2C)ccc1N. The molecular weight excluding hydrogens is 224 g/mol. The first-order chi connectivity index (χ1) is 8.59. The molecule has 1 aliphatic rings. The molecule has 98 valence electrons. The lowest BCUT2D eigenvalue weighted by atomic mass is 10.1. The maximum Gasteiger partial charge on any atom is 0.254 e. The molecule has 1 atom stereocenters. The predicted octanol–water partition coefficient (Wildman–Crippen LogP) is 2.98. The largest absolute Gasteiger partial charge is 0.399 e. The van der Waals surface area contributed by atoms with Crippen LogP contribution in [0.5, 0.6) is 0 Å². The molecule has 18 heavy (non-hydrogen) atoms. The van der Waals surface area contributed by atoms with E-state index in [0.29, 0.717) is 6.04 Å². The fourth-order valence-corrected chi connectivity index (χ4v) is 2.55. The maximum absolute atomic E-state index is 12.5. The van der Waals surface area contributed by atoms with Crippen molar-refractivity contribution in [3.63, 3.8) is 0 Å². The van der Waals surface area contributed by atoms with Crippen molar-refractivity contribution in [2.24, 2.45) is 0 Å². The van der Waals surface area contributed by atoms with Gasteiger partial charge in [-0.3, -0.25) is 4.79 Å². The van der Waals surface area contributed by atoms with Crippen molar-refractivity contribution >= 4 is 11.6 Å². The number of benzene rings is 1. The Morgan fingerprint density at radius 2 is 2.11 bits per heavy atom. The fourth-order valence-electron chi connectivity index (χ4n) is 2.55. The average molecular weight is 246 g/mol. The van der Waals surface area contributed by atoms with Gasteiger partial charge in [0.1, 0.15) is 0 Å². The molecule has 1 unspecified atom stereocenters. The van der Waals surface area contributed by atoms with Crippen LogP contribution in [0.25, 0.3) is 0 Å². The van der Waals surface area contributed by atoms with E-state index in [1.165, 1.54) is 12.8 Å². The monoisotopic (exact) mass is 246 g/mol. The highest BCUT2D eigenvalue weighted by Gasteiger charge is 2.23. The van der Waals surface area contributed by atoms with Crippen molar-refractivity contribution in [1.29, 1.82) is 0 Å². The van der Waals surface area contributed by atoms with Gasteiger partial charge in [0, 0.05) is 23.8 Å². The molecule has 1 aromatic rings. The molecule has 2 N–H and O–H groups in total. The lowest BCUT2D eigenvalue weighted by Gasteiger charge is -2.27. The van der Waals surface area contributed by atoms with Crippen LogP contribution < -0.4 is 5.73 Å². The molecule has 0 bridgehead atoms. The summed E-state index contributed by atoms with van der Waals surface area (Å²) in [5, 5.41) is 0. The molecule has 0 aliphatic carbocycles. The molecule has 1 amide bonds. The molecule has 1 aromatic carbocycles. The van der Waals surface area contributed by atoms with Crippen LogP contribution in [0.1, 0.15) is 48.5 Å². The van der Waals surface area contributed by atoms with E-state index in [-0.39, 0.29) is 5.91 Å². The number of carbonyl (C=O) groups excluding carboxylic acids is 1. The van der Waals surface area contributed by atoms with E-state index >= 15 is 0 Å². The summed E-state index contributed by atoms with van der Waals surface area (Å²) < 4.78 is 0. The Kier molecular flexibility index (Phi) is 3.90. The fraction of sp³-hybridized carbons (Fsp3) is 0.533. The maximum atomic E-state index is 12.5. The number of hydrogen-bond donors (Lipinski definition) is 1. The van der Waals surface area contributed by atoms with E-state index < -0.39 is 0 Å². The first kappa shape index (κ1) is 12.9. The Hall–Kier alpha value is -1.51. The van der Waals surface area contributed by atoms with Crippen LogP contribution in [0, 0.1) is 6.92 Å². The third kappa shape index (κ3) is 2.66. The number of amides is 1. The van der Waals surface area contributed by atoms with Gasteiger partial charge in [0.25, 0.3) is 5.91 Å². The number of likely N-dealkylation sites (tertiary alicyclic amines) is 1. The molecule has 1 fully saturated rings. The van der Waals surface area contributed by atoms with Gasteiger partial charge in [0.15, 0.2) is 0 Å². The minimum atomic E-state index is 0.146. The van der Waals surface area contributed by atoms with Gasteiger partial charge in [0.05, 0.1) is 0 Å². The predicted molar refractivity (Wildman–Crippen MR) is 74.6 cm³/mol. The molecule has 3 heteroatoms. The zero-order valence-corrected chi connectivity index (χ0v) is 11.3. The molecule has 1 heterocycles. The van der Waals surface area contributed by atoms with Crippen molar-refractivity contribution < 1.29 is 4.79 Å². The third-order valence-electron chi connectivity index (χ3n) is 3.83. The summed E-state index contributed by atoms with van der Waals surface area (Å²) >= 11 is 0. The average Bonchev–Trinajstić information content (AvgIpc) is 2.56. The summed E-state index contributed by atoms with van der Waals surface area (Å²) in [4.78, 5) is 14.5. The van der Waals surface area contributed by atoms with E-state index in [1.807, 2.05) is 30.0 Å². The van der Waals surface area contributed by atoms with E-state index in [4.69, 9.17) is 5.73 Å². The minimum absolute atomic E-state index is 0.146. The van der Waals surface area contributed by atoms with Gasteiger partial charge < -0.3 is 10.6 Å². The van der Waals surface area contributed by atoms with Gasteiger partial charge in [0.2, 0.25) is 0 Å². The minimum Gasteiger partial charge on any atom is -0.399 e. The Morgan fingerprint density at radius 3 is 2.83 bits per heavy atom. The van der Waals surface area contributed by atoms with Gasteiger partial charge in [-0.05, 0) is 50.5 Å². The van der Waals surface area contributed by atoms with Crippen molar-refractivity contribution in [3.05, 3.63) is 29.3 Å². The second-order valence-corrected chi connectivity index (χ2v) is 5.27. The molecule has 1 saturated heterocycles. The first-order valence-corrected chi connectivity index (χ1v) is 6.76. The Labute approximate surface area is 109 Å². The van der Waals surface area contributed by atoms with Gasteiger partial charge in [-0.1, -0.05) is 12.8 Å². The molecule has 2 rings (SSSR count). The van der Waals surface area contributed by atoms with Gasteiger partial charge in [-0.15, -0.1) is 0 Å². The highest BCUT2D eigenvalue weighted by Crippen LogP contribution is 2.20. The number of carbonyl (C=O) groups is 1. The third-order valence-corrected chi connectivity index (χ3v) is 3.83. The van der Waals surface area contributed by atoms with Crippen molar-refractivity contribution in [1.82, 2.24) is 4.90 Å². The summed E-state index contributed by atoms with van der Waals surface area (Å²) in [6.45, 7) is 4.97. The molecular formula is C15H22N2O. The highest BCUT2D eigenvalue weighted by atomic mass is 16.2. The molecule has 0 spiro atoms. The van der Waals surface area contributed by atoms with Gasteiger partial charge in [-0.2, -0.15) is 0 Å². The first-order valence-electron chi connectivity index (χ1n) is 6.76. The molecule has 1 aliphatic heterocycles. The normalized spacial score (nSPS) is 20.6. The van der Waals surface area contributed by atoms with Crippen molar-refractivity contribution in [2.75, 3.05) is 12.3 Å². The van der Waals surface area contributed by atoms with Crippen LogP contribution in [-0.2, 0) is 0 Å². The van der Waals surface area contributed by atoms with Gasteiger partial charge >= 0.3 is 0 Å². The summed E-state index contributed by atoms with van der Waals surface area (Å²) in [6.07, 6.45) is 4.68. The number of nitrogens with zero attached hydrogens (tertiary/aromatic N) is 1. The van der Waals surface area contributed by atoms with Gasteiger partial charge in [-0.25, -0.2) is 0 Å². The van der Waals surface area contributed by atoms with E-state index in [0.717, 1.165) is 36.2 Å². The van der Waals surface area contributed by atoms with Crippen molar-refractivity contribution in [2.45, 2.75) is 45.6 Å². The number of aryl methyl sites for hydroxylation is 1. The van der Waals surface area contributed by atoms with E-state index in [9.17, 15) is 4.79 Å². The molecule has 0 radical (unpaired) electrons. The standard InChI is InChI=1S/C15H22N2O/c1-11-10-13(7-8-14(11)16)15(18)17-9-5-3-4-6-12(17)2/h7-8,10,12H,3-6,9,16H2,1-2H3. The number of anilines is 1. The highest BCUT2D eigenvalue weighted by molar-refractivity contribution is 5.95. The van der Waals surface area contributed by atoms with Crippen LogP contribution in [-0.4, -0.2) is 23.4 Å². The summed E-state index contributed by atoms with van der Waals surface area (Å²) in [6, 6.07) is 5.90. The molecule has 3 nitrogen and oxygen atoms in total. The lowest BCUT2D eigenvalue weighted by molar-refractivity contribution is 0.0698. The Balaban J connectivity index is 2.21. The van der Waals surface area contributed by atoms with Crippen LogP contribution in [0.4, 0.5) is 5.69 Å². The van der Waals surface area contributed by atoms with Crippen LogP contribution in [0.15, 0.2) is 18.2 Å². The van der Waals surface area contributed by atoms with Crippen molar-refractivity contribution in [3.8, 4) is 0 Å². The smallest absolute Gasteiger partial charge is 0.254 e. The molecule has 0 aromatic heterocycles. The number of nitrogen functional groups attached to an aromatic ring is 1. The summed E-state index contributed by atoms with van der Waals surface area (Å²) in [5.74, 6) is 0.146. The van der Waals surface area contributed by atoms with E-state index in [1.54, 1.807) is 0 Å². The number of nitrogens with two attached hydrogens (primary N) is 1. The summed E-state index contributed by atoms with van der Waals surface area (Å²) in [5.41, 5.74) is 8.28. The summed E-state index contributed by atoms with van der Waals surface area (Å²) in [7, 11) is 0. The quantitative estimate of drug-likeness (QED) is 0.774. The molecule has 0 saturated carbocycles. The second kappa shape index (κ2) is 5.42. The number of rotatable bonds is 1. The Morgan fingerprint density at radius 1 is 1.33 bits per heavy atom. The van der Waals surface area contributed by atoms with Crippen LogP contribution >= 0.6 is 0 Å². The van der Waals surface area contributed by atoms with E-state index in [2.05, 4.69) is 6.92 Å². The lowest BCUT2D eigenvalue weighted by Crippen LogP contribution is -2.38. The second-order valence-electron chi connectivity index (χ2n) is 5.27. The zero-order chi connectivity index (χ0) is 13.1.